The third-order valence-corrected chi connectivity index (χ3v) is 6.06. The molecular weight excluding hydrogens is 485 g/mol. The molecule has 6 aromatic rings. The number of aromatic amines is 2. The molecule has 0 aliphatic carbocycles. The number of hydrogen-bond donors (Lipinski definition) is 3. The minimum absolute atomic E-state index is 0.171. The van der Waals surface area contributed by atoms with Gasteiger partial charge in [0.1, 0.15) is 17.0 Å². The number of imidazole rings is 1. The second-order valence-electron chi connectivity index (χ2n) is 9.80. The van der Waals surface area contributed by atoms with E-state index in [1.165, 1.54) is 18.6 Å². The lowest BCUT2D eigenvalue weighted by Crippen LogP contribution is -2.27. The highest BCUT2D eigenvalue weighted by atomic mass is 19.1. The number of nitrogens with one attached hydrogen (secondary N) is 3. The van der Waals surface area contributed by atoms with Crippen LogP contribution < -0.4 is 5.32 Å². The van der Waals surface area contributed by atoms with Gasteiger partial charge in [-0.25, -0.2) is 19.3 Å². The van der Waals surface area contributed by atoms with Gasteiger partial charge >= 0.3 is 0 Å². The molecule has 0 spiro atoms. The summed E-state index contributed by atoms with van der Waals surface area (Å²) >= 11 is 0. The summed E-state index contributed by atoms with van der Waals surface area (Å²) in [7, 11) is 0. The molecule has 188 valence electrons. The van der Waals surface area contributed by atoms with Crippen LogP contribution in [0, 0.1) is 11.2 Å². The van der Waals surface area contributed by atoms with E-state index in [2.05, 4.69) is 40.4 Å². The summed E-state index contributed by atoms with van der Waals surface area (Å²) < 4.78 is 16.0. The molecule has 6 aromatic heterocycles. The molecule has 11 heteroatoms. The van der Waals surface area contributed by atoms with Crippen molar-refractivity contribution in [2.75, 3.05) is 5.32 Å². The molecule has 0 saturated heterocycles. The molecule has 0 bridgehead atoms. The highest BCUT2D eigenvalue weighted by Gasteiger charge is 2.23. The highest BCUT2D eigenvalue weighted by molar-refractivity contribution is 5.97. The van der Waals surface area contributed by atoms with Crippen LogP contribution in [0.4, 0.5) is 10.1 Å². The number of carbonyl (C=O) groups excluding carboxylic acids is 1. The average Bonchev–Trinajstić information content (AvgIpc) is 3.54. The number of rotatable bonds is 4. The summed E-state index contributed by atoms with van der Waals surface area (Å²) in [6.45, 7) is 5.43. The fourth-order valence-electron chi connectivity index (χ4n) is 4.05. The predicted molar refractivity (Wildman–Crippen MR) is 141 cm³/mol. The average molecular weight is 508 g/mol. The zero-order valence-electron chi connectivity index (χ0n) is 20.7. The molecule has 0 atom stereocenters. The van der Waals surface area contributed by atoms with Crippen LogP contribution in [-0.4, -0.2) is 46.0 Å². The van der Waals surface area contributed by atoms with Gasteiger partial charge in [-0.15, -0.1) is 0 Å². The monoisotopic (exact) mass is 507 g/mol. The first-order chi connectivity index (χ1) is 18.3. The van der Waals surface area contributed by atoms with Crippen LogP contribution in [0.5, 0.6) is 0 Å². The molecule has 6 rings (SSSR count). The summed E-state index contributed by atoms with van der Waals surface area (Å²) in [4.78, 5) is 37.6. The quantitative estimate of drug-likeness (QED) is 0.300. The lowest BCUT2D eigenvalue weighted by atomic mass is 9.95. The maximum Gasteiger partial charge on any atom is 0.229 e. The molecule has 1 amide bonds. The highest BCUT2D eigenvalue weighted by Crippen LogP contribution is 2.34. The zero-order valence-corrected chi connectivity index (χ0v) is 20.7. The number of aromatic nitrogens is 8. The smallest absolute Gasteiger partial charge is 0.229 e. The first kappa shape index (κ1) is 23.3. The number of amides is 1. The Bertz CT molecular complexity index is 1820. The number of hydrogen-bond acceptors (Lipinski definition) is 7. The van der Waals surface area contributed by atoms with E-state index in [1.807, 2.05) is 45.0 Å². The van der Waals surface area contributed by atoms with Gasteiger partial charge < -0.3 is 10.3 Å². The van der Waals surface area contributed by atoms with Gasteiger partial charge in [0, 0.05) is 46.9 Å². The minimum atomic E-state index is -0.592. The Hall–Kier alpha value is -5.06. The Labute approximate surface area is 215 Å². The van der Waals surface area contributed by atoms with Gasteiger partial charge in [-0.05, 0) is 24.3 Å². The van der Waals surface area contributed by atoms with Crippen molar-refractivity contribution in [3.05, 3.63) is 67.1 Å². The van der Waals surface area contributed by atoms with Crippen LogP contribution in [0.3, 0.4) is 0 Å². The lowest BCUT2D eigenvalue weighted by molar-refractivity contribution is -0.123. The maximum atomic E-state index is 16.0. The van der Waals surface area contributed by atoms with Crippen molar-refractivity contribution in [1.29, 1.82) is 0 Å². The van der Waals surface area contributed by atoms with Crippen LogP contribution in [-0.2, 0) is 4.79 Å². The van der Waals surface area contributed by atoms with Crippen LogP contribution in [0.1, 0.15) is 20.8 Å². The summed E-state index contributed by atoms with van der Waals surface area (Å²) in [5, 5.41) is 10.1. The van der Waals surface area contributed by atoms with E-state index in [9.17, 15) is 4.79 Å². The number of H-pyrrole nitrogens is 2. The molecule has 0 radical (unpaired) electrons. The Morgan fingerprint density at radius 1 is 0.974 bits per heavy atom. The second-order valence-corrected chi connectivity index (χ2v) is 9.80. The fourth-order valence-corrected chi connectivity index (χ4v) is 4.05. The summed E-state index contributed by atoms with van der Waals surface area (Å²) in [6.07, 6.45) is 7.81. The van der Waals surface area contributed by atoms with Crippen LogP contribution in [0.25, 0.3) is 56.1 Å². The number of carbonyl (C=O) groups is 1. The van der Waals surface area contributed by atoms with E-state index < -0.39 is 11.2 Å². The lowest BCUT2D eigenvalue weighted by Gasteiger charge is -2.17. The van der Waals surface area contributed by atoms with Gasteiger partial charge in [-0.3, -0.25) is 19.9 Å². The molecule has 6 heterocycles. The Kier molecular flexibility index (Phi) is 5.41. The molecular formula is C27H22FN9O. The largest absolute Gasteiger partial charge is 0.324 e. The number of nitrogens with zero attached hydrogens (tertiary/aromatic N) is 6. The molecule has 0 aliphatic heterocycles. The minimum Gasteiger partial charge on any atom is -0.324 e. The van der Waals surface area contributed by atoms with Crippen molar-refractivity contribution in [3.63, 3.8) is 0 Å². The van der Waals surface area contributed by atoms with Gasteiger partial charge in [0.05, 0.1) is 23.0 Å². The van der Waals surface area contributed by atoms with Crippen molar-refractivity contribution in [2.24, 2.45) is 5.41 Å². The number of halogens is 1. The number of anilines is 1. The molecule has 0 aliphatic rings. The van der Waals surface area contributed by atoms with Gasteiger partial charge in [-0.2, -0.15) is 5.10 Å². The van der Waals surface area contributed by atoms with Crippen molar-refractivity contribution < 1.29 is 9.18 Å². The maximum absolute atomic E-state index is 16.0. The van der Waals surface area contributed by atoms with Crippen molar-refractivity contribution in [2.45, 2.75) is 20.8 Å². The normalized spacial score (nSPS) is 11.8. The van der Waals surface area contributed by atoms with Crippen molar-refractivity contribution >= 4 is 33.8 Å². The molecule has 10 nitrogen and oxygen atoms in total. The molecule has 0 unspecified atom stereocenters. The zero-order chi connectivity index (χ0) is 26.4. The molecule has 0 fully saturated rings. The first-order valence-electron chi connectivity index (χ1n) is 11.9. The van der Waals surface area contributed by atoms with E-state index >= 15 is 4.39 Å². The number of pyridine rings is 4. The predicted octanol–water partition coefficient (Wildman–Crippen LogP) is 5.14. The fraction of sp³-hybridized carbons (Fsp3) is 0.148. The van der Waals surface area contributed by atoms with Gasteiger partial charge in [0.2, 0.25) is 5.91 Å². The third kappa shape index (κ3) is 4.03. The van der Waals surface area contributed by atoms with E-state index in [0.29, 0.717) is 28.2 Å². The third-order valence-electron chi connectivity index (χ3n) is 6.06. The van der Waals surface area contributed by atoms with Gasteiger partial charge in [0.25, 0.3) is 0 Å². The van der Waals surface area contributed by atoms with Gasteiger partial charge in [0.15, 0.2) is 17.1 Å². The van der Waals surface area contributed by atoms with E-state index in [4.69, 9.17) is 4.98 Å². The second kappa shape index (κ2) is 8.80. The van der Waals surface area contributed by atoms with Crippen molar-refractivity contribution in [1.82, 2.24) is 40.1 Å². The molecule has 0 aromatic carbocycles. The molecule has 38 heavy (non-hydrogen) atoms. The van der Waals surface area contributed by atoms with E-state index in [1.54, 1.807) is 18.5 Å². The molecule has 0 saturated carbocycles. The Morgan fingerprint density at radius 3 is 2.63 bits per heavy atom. The van der Waals surface area contributed by atoms with Gasteiger partial charge in [-0.1, -0.05) is 26.8 Å². The standard InChI is InChI=1S/C27H22FN9O/c1-27(2,3)26(38)33-15-10-14(11-29-12-15)17-13-32-23-19(20(17)28)22(36-37-23)25-34-21-16(7-9-31-24(21)35-25)18-6-4-5-8-30-18/h4-13H,1-3H3,(H,33,38)(H,31,34,35)(H,32,36,37). The van der Waals surface area contributed by atoms with Crippen LogP contribution in [0.15, 0.2) is 61.3 Å². The van der Waals surface area contributed by atoms with Crippen LogP contribution in [0.2, 0.25) is 0 Å². The summed E-state index contributed by atoms with van der Waals surface area (Å²) in [6, 6.07) is 9.10. The van der Waals surface area contributed by atoms with E-state index in [-0.39, 0.29) is 28.2 Å². The SMILES string of the molecule is CC(C)(C)C(=O)Nc1cncc(-c2cnc3[nH]nc(-c4nc5c(-c6ccccn6)ccnc5[nH]4)c3c2F)c1. The molecule has 3 N–H and O–H groups in total. The topological polar surface area (TPSA) is 138 Å². The van der Waals surface area contributed by atoms with Crippen LogP contribution >= 0.6 is 0 Å². The summed E-state index contributed by atoms with van der Waals surface area (Å²) in [5.74, 6) is -0.381. The Balaban J connectivity index is 1.44. The summed E-state index contributed by atoms with van der Waals surface area (Å²) in [5.41, 5.74) is 3.71. The first-order valence-corrected chi connectivity index (χ1v) is 11.9. The van der Waals surface area contributed by atoms with E-state index in [0.717, 1.165) is 11.3 Å². The van der Waals surface area contributed by atoms with Crippen molar-refractivity contribution in [3.8, 4) is 33.9 Å². The Morgan fingerprint density at radius 2 is 1.84 bits per heavy atom. The number of fused-ring (bicyclic) bond motifs is 2.